The Balaban J connectivity index is 2.15. The van der Waals surface area contributed by atoms with Gasteiger partial charge in [0.05, 0.1) is 23.6 Å². The van der Waals surface area contributed by atoms with E-state index in [1.807, 2.05) is 36.4 Å². The van der Waals surface area contributed by atoms with Crippen LogP contribution in [0.2, 0.25) is 0 Å². The Hall–Kier alpha value is -3.13. The molecular weight excluding hydrogens is 290 g/mol. The number of aromatic nitrogens is 2. The van der Waals surface area contributed by atoms with Crippen molar-refractivity contribution < 1.29 is 9.53 Å². The summed E-state index contributed by atoms with van der Waals surface area (Å²) in [7, 11) is 0. The fourth-order valence-electron chi connectivity index (χ4n) is 2.50. The number of aryl methyl sites for hydroxylation is 1. The maximum atomic E-state index is 11.9. The van der Waals surface area contributed by atoms with E-state index < -0.39 is 5.97 Å². The third kappa shape index (κ3) is 2.67. The first-order valence-corrected chi connectivity index (χ1v) is 7.30. The van der Waals surface area contributed by atoms with Crippen molar-refractivity contribution in [3.8, 4) is 11.8 Å². The molecule has 0 aliphatic carbocycles. The number of esters is 1. The standard InChI is InChI=1S/C18H15N3O2/c1-3-23-18(22)16-11-21(20-12(16)2)17-9-14-7-5-4-6-13(14)8-15(17)10-19/h4-9,11H,3H2,1-2H3. The zero-order valence-electron chi connectivity index (χ0n) is 12.9. The highest BCUT2D eigenvalue weighted by atomic mass is 16.5. The smallest absolute Gasteiger partial charge is 0.341 e. The molecule has 0 fully saturated rings. The predicted molar refractivity (Wildman–Crippen MR) is 86.5 cm³/mol. The molecule has 0 aliphatic rings. The van der Waals surface area contributed by atoms with Crippen LogP contribution >= 0.6 is 0 Å². The number of rotatable bonds is 3. The fraction of sp³-hybridized carbons (Fsp3) is 0.167. The number of carbonyl (C=O) groups is 1. The van der Waals surface area contributed by atoms with E-state index in [1.54, 1.807) is 24.7 Å². The summed E-state index contributed by atoms with van der Waals surface area (Å²) in [5.41, 5.74) is 2.12. The Morgan fingerprint density at radius 1 is 1.30 bits per heavy atom. The Morgan fingerprint density at radius 3 is 2.65 bits per heavy atom. The molecule has 3 rings (SSSR count). The minimum atomic E-state index is -0.407. The van der Waals surface area contributed by atoms with Gasteiger partial charge in [0.2, 0.25) is 0 Å². The van der Waals surface area contributed by atoms with Crippen molar-refractivity contribution in [3.63, 3.8) is 0 Å². The molecule has 0 N–H and O–H groups in total. The van der Waals surface area contributed by atoms with Crippen molar-refractivity contribution >= 4 is 16.7 Å². The summed E-state index contributed by atoms with van der Waals surface area (Å²) < 4.78 is 6.59. The number of hydrogen-bond acceptors (Lipinski definition) is 4. The zero-order chi connectivity index (χ0) is 16.4. The molecule has 2 aromatic carbocycles. The summed E-state index contributed by atoms with van der Waals surface area (Å²) in [5, 5.41) is 15.8. The number of benzene rings is 2. The monoisotopic (exact) mass is 305 g/mol. The van der Waals surface area contributed by atoms with Crippen molar-refractivity contribution in [2.75, 3.05) is 6.61 Å². The third-order valence-corrected chi connectivity index (χ3v) is 3.63. The van der Waals surface area contributed by atoms with Gasteiger partial charge in [-0.25, -0.2) is 9.48 Å². The van der Waals surface area contributed by atoms with Crippen LogP contribution in [0.1, 0.15) is 28.5 Å². The van der Waals surface area contributed by atoms with Crippen molar-refractivity contribution in [2.24, 2.45) is 0 Å². The van der Waals surface area contributed by atoms with Crippen molar-refractivity contribution in [3.05, 3.63) is 59.4 Å². The normalized spacial score (nSPS) is 10.5. The van der Waals surface area contributed by atoms with Crippen LogP contribution in [0.3, 0.4) is 0 Å². The van der Waals surface area contributed by atoms with E-state index in [0.717, 1.165) is 10.8 Å². The second-order valence-corrected chi connectivity index (χ2v) is 5.12. The van der Waals surface area contributed by atoms with Crippen LogP contribution in [0.5, 0.6) is 0 Å². The molecule has 23 heavy (non-hydrogen) atoms. The first kappa shape index (κ1) is 14.8. The van der Waals surface area contributed by atoms with Gasteiger partial charge in [-0.3, -0.25) is 0 Å². The first-order valence-electron chi connectivity index (χ1n) is 7.30. The highest BCUT2D eigenvalue weighted by Gasteiger charge is 2.16. The van der Waals surface area contributed by atoms with Crippen molar-refractivity contribution in [1.82, 2.24) is 9.78 Å². The molecule has 0 saturated carbocycles. The lowest BCUT2D eigenvalue weighted by Crippen LogP contribution is -2.04. The highest BCUT2D eigenvalue weighted by Crippen LogP contribution is 2.23. The van der Waals surface area contributed by atoms with Gasteiger partial charge in [-0.15, -0.1) is 0 Å². The third-order valence-electron chi connectivity index (χ3n) is 3.63. The molecule has 5 nitrogen and oxygen atoms in total. The van der Waals surface area contributed by atoms with Gasteiger partial charge in [0.1, 0.15) is 11.6 Å². The average Bonchev–Trinajstić information content (AvgIpc) is 2.95. The predicted octanol–water partition coefficient (Wildman–Crippen LogP) is 3.38. The summed E-state index contributed by atoms with van der Waals surface area (Å²) in [4.78, 5) is 11.9. The molecule has 3 aromatic rings. The van der Waals surface area contributed by atoms with Crippen LogP contribution < -0.4 is 0 Å². The van der Waals surface area contributed by atoms with Gasteiger partial charge in [0, 0.05) is 6.20 Å². The van der Waals surface area contributed by atoms with Gasteiger partial charge in [0.25, 0.3) is 0 Å². The zero-order valence-corrected chi connectivity index (χ0v) is 12.9. The van der Waals surface area contributed by atoms with Crippen LogP contribution in [0.25, 0.3) is 16.5 Å². The van der Waals surface area contributed by atoms with Gasteiger partial charge in [0.15, 0.2) is 0 Å². The van der Waals surface area contributed by atoms with Crippen molar-refractivity contribution in [2.45, 2.75) is 13.8 Å². The van der Waals surface area contributed by atoms with Gasteiger partial charge in [-0.05, 0) is 36.8 Å². The SMILES string of the molecule is CCOC(=O)c1cn(-c2cc3ccccc3cc2C#N)nc1C. The van der Waals surface area contributed by atoms with Gasteiger partial charge in [-0.1, -0.05) is 24.3 Å². The minimum absolute atomic E-state index is 0.308. The second-order valence-electron chi connectivity index (χ2n) is 5.12. The van der Waals surface area contributed by atoms with Crippen LogP contribution in [0.15, 0.2) is 42.6 Å². The molecule has 0 spiro atoms. The lowest BCUT2D eigenvalue weighted by molar-refractivity contribution is 0.0525. The van der Waals surface area contributed by atoms with E-state index in [-0.39, 0.29) is 0 Å². The molecule has 1 heterocycles. The molecule has 0 unspecified atom stereocenters. The number of carbonyl (C=O) groups excluding carboxylic acids is 1. The summed E-state index contributed by atoms with van der Waals surface area (Å²) in [6, 6.07) is 13.7. The van der Waals surface area contributed by atoms with E-state index in [9.17, 15) is 10.1 Å². The summed E-state index contributed by atoms with van der Waals surface area (Å²) in [6.45, 7) is 3.81. The number of nitriles is 1. The molecular formula is C18H15N3O2. The second kappa shape index (κ2) is 5.93. The van der Waals surface area contributed by atoms with Gasteiger partial charge < -0.3 is 4.74 Å². The van der Waals surface area contributed by atoms with E-state index in [4.69, 9.17) is 4.74 Å². The summed E-state index contributed by atoms with van der Waals surface area (Å²) in [6.07, 6.45) is 1.61. The molecule has 0 bridgehead atoms. The molecule has 0 saturated heterocycles. The van der Waals surface area contributed by atoms with E-state index in [1.165, 1.54) is 0 Å². The molecule has 114 valence electrons. The van der Waals surface area contributed by atoms with Gasteiger partial charge in [-0.2, -0.15) is 10.4 Å². The van der Waals surface area contributed by atoms with Crippen molar-refractivity contribution in [1.29, 1.82) is 5.26 Å². The number of hydrogen-bond donors (Lipinski definition) is 0. The van der Waals surface area contributed by atoms with E-state index in [0.29, 0.717) is 29.1 Å². The lowest BCUT2D eigenvalue weighted by Gasteiger charge is -2.06. The Bertz CT molecular complexity index is 935. The summed E-state index contributed by atoms with van der Waals surface area (Å²) >= 11 is 0. The molecule has 0 aliphatic heterocycles. The molecule has 0 atom stereocenters. The molecule has 1 aromatic heterocycles. The Labute approximate surface area is 133 Å². The molecule has 0 amide bonds. The maximum Gasteiger partial charge on any atom is 0.341 e. The van der Waals surface area contributed by atoms with E-state index >= 15 is 0 Å². The lowest BCUT2D eigenvalue weighted by atomic mass is 10.1. The number of nitrogens with zero attached hydrogens (tertiary/aromatic N) is 3. The maximum absolute atomic E-state index is 11.9. The van der Waals surface area contributed by atoms with Crippen LogP contribution in [0.4, 0.5) is 0 Å². The Morgan fingerprint density at radius 2 is 2.00 bits per heavy atom. The topological polar surface area (TPSA) is 67.9 Å². The van der Waals surface area contributed by atoms with Crippen LogP contribution in [-0.4, -0.2) is 22.4 Å². The molecule has 0 radical (unpaired) electrons. The van der Waals surface area contributed by atoms with Crippen LogP contribution in [-0.2, 0) is 4.74 Å². The Kier molecular flexibility index (Phi) is 3.82. The highest BCUT2D eigenvalue weighted by molar-refractivity contribution is 5.91. The summed E-state index contributed by atoms with van der Waals surface area (Å²) in [5.74, 6) is -0.407. The minimum Gasteiger partial charge on any atom is -0.462 e. The number of fused-ring (bicyclic) bond motifs is 1. The van der Waals surface area contributed by atoms with E-state index in [2.05, 4.69) is 11.2 Å². The fourth-order valence-corrected chi connectivity index (χ4v) is 2.50. The largest absolute Gasteiger partial charge is 0.462 e. The van der Waals surface area contributed by atoms with Gasteiger partial charge >= 0.3 is 5.97 Å². The molecule has 5 heteroatoms. The first-order chi connectivity index (χ1) is 11.1. The average molecular weight is 305 g/mol. The number of ether oxygens (including phenoxy) is 1. The quantitative estimate of drug-likeness (QED) is 0.696. The van der Waals surface area contributed by atoms with Crippen LogP contribution in [0, 0.1) is 18.3 Å².